The summed E-state index contributed by atoms with van der Waals surface area (Å²) in [6.45, 7) is 3.74. The molecule has 0 spiro atoms. The Hall–Kier alpha value is -1.36. The van der Waals surface area contributed by atoms with Crippen LogP contribution in [0, 0.1) is 11.8 Å². The van der Waals surface area contributed by atoms with Crippen molar-refractivity contribution in [1.29, 1.82) is 0 Å². The fourth-order valence-electron chi connectivity index (χ4n) is 2.75. The molecule has 0 radical (unpaired) electrons. The Balaban J connectivity index is 1.73. The monoisotopic (exact) mass is 221 g/mol. The first-order chi connectivity index (χ1) is 7.83. The van der Waals surface area contributed by atoms with E-state index in [4.69, 9.17) is 4.42 Å². The lowest BCUT2D eigenvalue weighted by atomic mass is 9.86. The minimum atomic E-state index is 0.00495. The molecule has 1 amide bonds. The number of rotatable bonds is 1. The van der Waals surface area contributed by atoms with Gasteiger partial charge in [-0.15, -0.1) is 0 Å². The molecule has 5 nitrogen and oxygen atoms in total. The van der Waals surface area contributed by atoms with E-state index >= 15 is 0 Å². The maximum absolute atomic E-state index is 12.1. The van der Waals surface area contributed by atoms with E-state index in [1.807, 2.05) is 4.90 Å². The van der Waals surface area contributed by atoms with Crippen LogP contribution in [0.3, 0.4) is 0 Å². The second-order valence-electron chi connectivity index (χ2n) is 4.71. The fraction of sp³-hybridized carbons (Fsp3) is 0.636. The van der Waals surface area contributed by atoms with E-state index in [1.165, 1.54) is 19.1 Å². The number of likely N-dealkylation sites (tertiary alicyclic amines) is 1. The van der Waals surface area contributed by atoms with Gasteiger partial charge in [-0.05, 0) is 31.3 Å². The van der Waals surface area contributed by atoms with E-state index < -0.39 is 0 Å². The summed E-state index contributed by atoms with van der Waals surface area (Å²) in [6, 6.07) is 0. The number of fused-ring (bicyclic) bond motifs is 2. The molecule has 2 saturated heterocycles. The number of oxazole rings is 1. The van der Waals surface area contributed by atoms with Crippen LogP contribution in [0.1, 0.15) is 16.9 Å². The van der Waals surface area contributed by atoms with Crippen LogP contribution in [0.5, 0.6) is 0 Å². The van der Waals surface area contributed by atoms with Crippen molar-refractivity contribution >= 4 is 5.91 Å². The van der Waals surface area contributed by atoms with Crippen LogP contribution in [-0.2, 0) is 0 Å². The molecule has 0 aliphatic carbocycles. The average molecular weight is 221 g/mol. The van der Waals surface area contributed by atoms with E-state index in [9.17, 15) is 4.79 Å². The third-order valence-corrected chi connectivity index (χ3v) is 3.43. The number of hydrogen-bond donors (Lipinski definition) is 1. The summed E-state index contributed by atoms with van der Waals surface area (Å²) < 4.78 is 4.85. The number of hydrogen-bond acceptors (Lipinski definition) is 4. The molecule has 1 aromatic heterocycles. The molecular weight excluding hydrogens is 206 g/mol. The molecule has 3 heterocycles. The van der Waals surface area contributed by atoms with Gasteiger partial charge in [-0.3, -0.25) is 4.79 Å². The molecule has 0 saturated carbocycles. The molecule has 2 unspecified atom stereocenters. The highest BCUT2D eigenvalue weighted by Crippen LogP contribution is 2.25. The minimum Gasteiger partial charge on any atom is -0.451 e. The zero-order valence-corrected chi connectivity index (χ0v) is 9.06. The predicted octanol–water partition coefficient (Wildman–Crippen LogP) is 0.356. The van der Waals surface area contributed by atoms with Crippen molar-refractivity contribution in [1.82, 2.24) is 15.2 Å². The predicted molar refractivity (Wildman–Crippen MR) is 56.9 cm³/mol. The number of carbonyl (C=O) groups excluding carboxylic acids is 1. The van der Waals surface area contributed by atoms with Crippen molar-refractivity contribution in [2.24, 2.45) is 11.8 Å². The summed E-state index contributed by atoms with van der Waals surface area (Å²) in [4.78, 5) is 17.9. The lowest BCUT2D eigenvalue weighted by molar-refractivity contribution is 0.0532. The van der Waals surface area contributed by atoms with Gasteiger partial charge in [0.1, 0.15) is 6.26 Å². The molecule has 5 heteroatoms. The molecule has 0 aromatic carbocycles. The van der Waals surface area contributed by atoms with Crippen LogP contribution in [0.15, 0.2) is 17.1 Å². The number of nitrogens with zero attached hydrogens (tertiary/aromatic N) is 2. The fourth-order valence-corrected chi connectivity index (χ4v) is 2.75. The Labute approximate surface area is 93.8 Å². The largest absolute Gasteiger partial charge is 0.451 e. The maximum Gasteiger partial charge on any atom is 0.275 e. The van der Waals surface area contributed by atoms with Crippen LogP contribution in [0.25, 0.3) is 0 Å². The van der Waals surface area contributed by atoms with Crippen LogP contribution < -0.4 is 5.32 Å². The molecule has 16 heavy (non-hydrogen) atoms. The zero-order chi connectivity index (χ0) is 11.0. The number of nitrogens with one attached hydrogen (secondary N) is 1. The molecule has 2 fully saturated rings. The van der Waals surface area contributed by atoms with Gasteiger partial charge in [-0.2, -0.15) is 0 Å². The summed E-state index contributed by atoms with van der Waals surface area (Å²) in [5, 5.41) is 3.41. The van der Waals surface area contributed by atoms with Crippen molar-refractivity contribution in [3.63, 3.8) is 0 Å². The average Bonchev–Trinajstić information content (AvgIpc) is 2.81. The van der Waals surface area contributed by atoms with E-state index in [0.29, 0.717) is 17.5 Å². The molecule has 86 valence electrons. The van der Waals surface area contributed by atoms with Crippen LogP contribution in [-0.4, -0.2) is 42.0 Å². The topological polar surface area (TPSA) is 58.4 Å². The number of amides is 1. The normalized spacial score (nSPS) is 29.1. The second-order valence-corrected chi connectivity index (χ2v) is 4.71. The van der Waals surface area contributed by atoms with Crippen molar-refractivity contribution in [2.45, 2.75) is 6.42 Å². The molecule has 2 aliphatic heterocycles. The molecule has 3 rings (SSSR count). The summed E-state index contributed by atoms with van der Waals surface area (Å²) in [5.74, 6) is 1.21. The molecule has 2 bridgehead atoms. The van der Waals surface area contributed by atoms with Crippen LogP contribution in [0.2, 0.25) is 0 Å². The van der Waals surface area contributed by atoms with Crippen molar-refractivity contribution in [2.75, 3.05) is 26.2 Å². The summed E-state index contributed by atoms with van der Waals surface area (Å²) in [6.07, 6.45) is 3.97. The highest BCUT2D eigenvalue weighted by Gasteiger charge is 2.33. The van der Waals surface area contributed by atoms with Crippen molar-refractivity contribution in [3.8, 4) is 0 Å². The minimum absolute atomic E-state index is 0.00495. The van der Waals surface area contributed by atoms with E-state index in [-0.39, 0.29) is 5.91 Å². The third-order valence-electron chi connectivity index (χ3n) is 3.43. The first-order valence-corrected chi connectivity index (χ1v) is 5.71. The van der Waals surface area contributed by atoms with Gasteiger partial charge in [0.2, 0.25) is 0 Å². The van der Waals surface area contributed by atoms with Gasteiger partial charge in [0.05, 0.1) is 0 Å². The van der Waals surface area contributed by atoms with Gasteiger partial charge in [0, 0.05) is 13.1 Å². The zero-order valence-electron chi connectivity index (χ0n) is 9.06. The van der Waals surface area contributed by atoms with E-state index in [2.05, 4.69) is 10.3 Å². The number of carbonyl (C=O) groups is 1. The maximum atomic E-state index is 12.1. The van der Waals surface area contributed by atoms with Gasteiger partial charge in [0.25, 0.3) is 5.91 Å². The Morgan fingerprint density at radius 1 is 1.44 bits per heavy atom. The van der Waals surface area contributed by atoms with Gasteiger partial charge >= 0.3 is 0 Å². The Morgan fingerprint density at radius 3 is 2.81 bits per heavy atom. The van der Waals surface area contributed by atoms with Gasteiger partial charge in [0.15, 0.2) is 12.1 Å². The highest BCUT2D eigenvalue weighted by atomic mass is 16.3. The molecular formula is C11H15N3O2. The SMILES string of the molecule is O=C(c1cocn1)N1CC2CNCC(C2)C1. The third kappa shape index (κ3) is 1.71. The molecule has 1 N–H and O–H groups in total. The number of aromatic nitrogens is 1. The summed E-state index contributed by atoms with van der Waals surface area (Å²) >= 11 is 0. The van der Waals surface area contributed by atoms with Gasteiger partial charge in [-0.25, -0.2) is 4.98 Å². The standard InChI is InChI=1S/C11H15N3O2/c15-11(10-6-16-7-13-10)14-4-8-1-9(5-14)3-12-2-8/h6-9,12H,1-5H2. The highest BCUT2D eigenvalue weighted by molar-refractivity contribution is 5.92. The van der Waals surface area contributed by atoms with Gasteiger partial charge < -0.3 is 14.6 Å². The Morgan fingerprint density at radius 2 is 2.19 bits per heavy atom. The van der Waals surface area contributed by atoms with Gasteiger partial charge in [-0.1, -0.05) is 0 Å². The second kappa shape index (κ2) is 3.90. The molecule has 1 aromatic rings. The lowest BCUT2D eigenvalue weighted by Gasteiger charge is -2.41. The van der Waals surface area contributed by atoms with Crippen molar-refractivity contribution < 1.29 is 9.21 Å². The smallest absolute Gasteiger partial charge is 0.275 e. The molecule has 2 atom stereocenters. The van der Waals surface area contributed by atoms with Crippen molar-refractivity contribution in [3.05, 3.63) is 18.4 Å². The quantitative estimate of drug-likeness (QED) is 0.743. The van der Waals surface area contributed by atoms with Crippen LogP contribution in [0.4, 0.5) is 0 Å². The first kappa shape index (κ1) is 9.84. The molecule has 2 aliphatic rings. The Bertz CT molecular complexity index is 365. The van der Waals surface area contributed by atoms with E-state index in [1.54, 1.807) is 0 Å². The lowest BCUT2D eigenvalue weighted by Crippen LogP contribution is -2.52. The Kier molecular flexibility index (Phi) is 2.40. The van der Waals surface area contributed by atoms with Crippen LogP contribution >= 0.6 is 0 Å². The van der Waals surface area contributed by atoms with E-state index in [0.717, 1.165) is 26.2 Å². The summed E-state index contributed by atoms with van der Waals surface area (Å²) in [5.41, 5.74) is 0.424. The first-order valence-electron chi connectivity index (χ1n) is 5.71. The summed E-state index contributed by atoms with van der Waals surface area (Å²) in [7, 11) is 0. The number of piperidine rings is 2.